The maximum Gasteiger partial charge on any atom is 0.222 e. The van der Waals surface area contributed by atoms with Gasteiger partial charge in [0, 0.05) is 19.5 Å². The highest BCUT2D eigenvalue weighted by Gasteiger charge is 2.23. The van der Waals surface area contributed by atoms with Crippen LogP contribution in [0.4, 0.5) is 0 Å². The van der Waals surface area contributed by atoms with E-state index < -0.39 is 0 Å². The van der Waals surface area contributed by atoms with Gasteiger partial charge in [0.2, 0.25) is 5.91 Å². The number of likely N-dealkylation sites (tertiary alicyclic amines) is 1. The lowest BCUT2D eigenvalue weighted by Gasteiger charge is -2.32. The van der Waals surface area contributed by atoms with Gasteiger partial charge in [-0.25, -0.2) is 0 Å². The quantitative estimate of drug-likeness (QED) is 0.831. The van der Waals surface area contributed by atoms with Gasteiger partial charge in [-0.2, -0.15) is 0 Å². The molecule has 1 saturated heterocycles. The number of carbonyl (C=O) groups is 1. The number of nitrogens with zero attached hydrogens (tertiary/aromatic N) is 1. The van der Waals surface area contributed by atoms with Crippen molar-refractivity contribution in [1.82, 2.24) is 4.90 Å². The molecule has 0 aromatic carbocycles. The smallest absolute Gasteiger partial charge is 0.222 e. The minimum absolute atomic E-state index is 0.400. The number of piperidine rings is 1. The van der Waals surface area contributed by atoms with Crippen LogP contribution in [0.5, 0.6) is 0 Å². The van der Waals surface area contributed by atoms with Gasteiger partial charge >= 0.3 is 0 Å². The van der Waals surface area contributed by atoms with Crippen LogP contribution in [0, 0.1) is 11.8 Å². The van der Waals surface area contributed by atoms with E-state index in [4.69, 9.17) is 5.73 Å². The Kier molecular flexibility index (Phi) is 6.15. The minimum atomic E-state index is 0.400. The Morgan fingerprint density at radius 3 is 2.21 bits per heavy atom. The zero-order valence-electron chi connectivity index (χ0n) is 12.3. The normalized spacial score (nSPS) is 22.7. The number of hydrogen-bond acceptors (Lipinski definition) is 2. The van der Waals surface area contributed by atoms with Gasteiger partial charge in [0.05, 0.1) is 0 Å². The van der Waals surface area contributed by atoms with Crippen molar-refractivity contribution >= 4 is 5.91 Å². The molecule has 19 heavy (non-hydrogen) atoms. The fourth-order valence-corrected chi connectivity index (χ4v) is 3.67. The Morgan fingerprint density at radius 1 is 0.947 bits per heavy atom. The average Bonchev–Trinajstić information content (AvgIpc) is 2.47. The van der Waals surface area contributed by atoms with Crippen LogP contribution in [0.15, 0.2) is 0 Å². The fourth-order valence-electron chi connectivity index (χ4n) is 3.67. The van der Waals surface area contributed by atoms with Crippen molar-refractivity contribution in [2.24, 2.45) is 17.6 Å². The summed E-state index contributed by atoms with van der Waals surface area (Å²) in [6, 6.07) is 0. The minimum Gasteiger partial charge on any atom is -0.343 e. The number of rotatable bonds is 5. The van der Waals surface area contributed by atoms with E-state index in [0.717, 1.165) is 63.6 Å². The summed E-state index contributed by atoms with van der Waals surface area (Å²) in [6.07, 6.45) is 12.2. The first kappa shape index (κ1) is 14.8. The molecule has 1 amide bonds. The SMILES string of the molecule is NCCC1CCN(C(=O)CCC2CCCCC2)CC1. The van der Waals surface area contributed by atoms with Gasteiger partial charge in [0.15, 0.2) is 0 Å². The van der Waals surface area contributed by atoms with E-state index in [2.05, 4.69) is 4.90 Å². The third-order valence-corrected chi connectivity index (χ3v) is 5.03. The molecule has 0 aromatic heterocycles. The average molecular weight is 266 g/mol. The van der Waals surface area contributed by atoms with Gasteiger partial charge in [-0.15, -0.1) is 0 Å². The molecule has 2 fully saturated rings. The van der Waals surface area contributed by atoms with Crippen LogP contribution >= 0.6 is 0 Å². The first-order valence-corrected chi connectivity index (χ1v) is 8.27. The lowest BCUT2D eigenvalue weighted by Crippen LogP contribution is -2.38. The van der Waals surface area contributed by atoms with Crippen molar-refractivity contribution in [3.63, 3.8) is 0 Å². The number of hydrogen-bond donors (Lipinski definition) is 1. The molecule has 1 aliphatic carbocycles. The maximum atomic E-state index is 12.2. The Hall–Kier alpha value is -0.570. The van der Waals surface area contributed by atoms with Crippen molar-refractivity contribution in [1.29, 1.82) is 0 Å². The van der Waals surface area contributed by atoms with Crippen molar-refractivity contribution in [3.8, 4) is 0 Å². The number of carbonyl (C=O) groups excluding carboxylic acids is 1. The van der Waals surface area contributed by atoms with Gasteiger partial charge < -0.3 is 10.6 Å². The molecule has 110 valence electrons. The van der Waals surface area contributed by atoms with Gasteiger partial charge in [0.25, 0.3) is 0 Å². The molecule has 2 N–H and O–H groups in total. The van der Waals surface area contributed by atoms with Gasteiger partial charge in [-0.1, -0.05) is 32.1 Å². The molecule has 2 rings (SSSR count). The number of nitrogens with two attached hydrogens (primary N) is 1. The van der Waals surface area contributed by atoms with Crippen molar-refractivity contribution < 1.29 is 4.79 Å². The lowest BCUT2D eigenvalue weighted by molar-refractivity contribution is -0.133. The Balaban J connectivity index is 1.63. The summed E-state index contributed by atoms with van der Waals surface area (Å²) >= 11 is 0. The molecular weight excluding hydrogens is 236 g/mol. The van der Waals surface area contributed by atoms with Crippen LogP contribution < -0.4 is 5.73 Å². The van der Waals surface area contributed by atoms with E-state index in [9.17, 15) is 4.79 Å². The Bertz CT molecular complexity index is 266. The highest BCUT2D eigenvalue weighted by molar-refractivity contribution is 5.76. The lowest BCUT2D eigenvalue weighted by atomic mass is 9.86. The molecule has 1 saturated carbocycles. The predicted molar refractivity (Wildman–Crippen MR) is 78.8 cm³/mol. The molecule has 3 nitrogen and oxygen atoms in total. The van der Waals surface area contributed by atoms with Gasteiger partial charge in [-0.05, 0) is 44.1 Å². The zero-order chi connectivity index (χ0) is 13.5. The first-order valence-electron chi connectivity index (χ1n) is 8.27. The van der Waals surface area contributed by atoms with Gasteiger partial charge in [-0.3, -0.25) is 4.79 Å². The van der Waals surface area contributed by atoms with Crippen LogP contribution in [-0.2, 0) is 4.79 Å². The van der Waals surface area contributed by atoms with Crippen molar-refractivity contribution in [2.45, 2.75) is 64.2 Å². The Morgan fingerprint density at radius 2 is 1.58 bits per heavy atom. The van der Waals surface area contributed by atoms with Crippen LogP contribution in [-0.4, -0.2) is 30.4 Å². The second-order valence-electron chi connectivity index (χ2n) is 6.44. The van der Waals surface area contributed by atoms with Gasteiger partial charge in [0.1, 0.15) is 0 Å². The van der Waals surface area contributed by atoms with E-state index in [-0.39, 0.29) is 0 Å². The molecule has 0 unspecified atom stereocenters. The Labute approximate surface area is 117 Å². The molecular formula is C16H30N2O. The molecule has 0 aromatic rings. The predicted octanol–water partition coefficient (Wildman–Crippen LogP) is 2.93. The van der Waals surface area contributed by atoms with E-state index in [1.165, 1.54) is 32.1 Å². The van der Waals surface area contributed by atoms with Crippen LogP contribution in [0.1, 0.15) is 64.2 Å². The summed E-state index contributed by atoms with van der Waals surface area (Å²) in [5.74, 6) is 1.98. The summed E-state index contributed by atoms with van der Waals surface area (Å²) in [6.45, 7) is 2.72. The maximum absolute atomic E-state index is 12.2. The van der Waals surface area contributed by atoms with E-state index in [1.54, 1.807) is 0 Å². The molecule has 0 atom stereocenters. The van der Waals surface area contributed by atoms with Crippen molar-refractivity contribution in [3.05, 3.63) is 0 Å². The molecule has 0 spiro atoms. The highest BCUT2D eigenvalue weighted by Crippen LogP contribution is 2.28. The van der Waals surface area contributed by atoms with E-state index >= 15 is 0 Å². The van der Waals surface area contributed by atoms with Crippen LogP contribution in [0.3, 0.4) is 0 Å². The van der Waals surface area contributed by atoms with E-state index in [1.807, 2.05) is 0 Å². The fraction of sp³-hybridized carbons (Fsp3) is 0.938. The summed E-state index contributed by atoms with van der Waals surface area (Å²) < 4.78 is 0. The molecule has 1 heterocycles. The molecule has 1 aliphatic heterocycles. The molecule has 3 heteroatoms. The molecule has 0 bridgehead atoms. The number of amides is 1. The highest BCUT2D eigenvalue weighted by atomic mass is 16.2. The monoisotopic (exact) mass is 266 g/mol. The summed E-state index contributed by atoms with van der Waals surface area (Å²) in [5.41, 5.74) is 5.60. The third-order valence-electron chi connectivity index (χ3n) is 5.03. The largest absolute Gasteiger partial charge is 0.343 e. The first-order chi connectivity index (χ1) is 9.29. The molecule has 0 radical (unpaired) electrons. The zero-order valence-corrected chi connectivity index (χ0v) is 12.3. The summed E-state index contributed by atoms with van der Waals surface area (Å²) in [7, 11) is 0. The van der Waals surface area contributed by atoms with Crippen LogP contribution in [0.2, 0.25) is 0 Å². The summed E-state index contributed by atoms with van der Waals surface area (Å²) in [4.78, 5) is 14.3. The summed E-state index contributed by atoms with van der Waals surface area (Å²) in [5, 5.41) is 0. The standard InChI is InChI=1S/C16H30N2O/c17-11-8-15-9-12-18(13-10-15)16(19)7-6-14-4-2-1-3-5-14/h14-15H,1-13,17H2. The van der Waals surface area contributed by atoms with Crippen molar-refractivity contribution in [2.75, 3.05) is 19.6 Å². The van der Waals surface area contributed by atoms with E-state index in [0.29, 0.717) is 5.91 Å². The topological polar surface area (TPSA) is 46.3 Å². The molecule has 2 aliphatic rings. The second kappa shape index (κ2) is 7.88. The van der Waals surface area contributed by atoms with Crippen LogP contribution in [0.25, 0.3) is 0 Å². The third kappa shape index (κ3) is 4.79. The second-order valence-corrected chi connectivity index (χ2v) is 6.44.